The zero-order valence-electron chi connectivity index (χ0n) is 16.7. The van der Waals surface area contributed by atoms with Crippen molar-refractivity contribution in [1.29, 1.82) is 0 Å². The number of rotatable bonds is 8. The van der Waals surface area contributed by atoms with Crippen molar-refractivity contribution in [2.75, 3.05) is 33.9 Å². The first-order valence-corrected chi connectivity index (χ1v) is 9.12. The highest BCUT2D eigenvalue weighted by atomic mass is 16.5. The highest BCUT2D eigenvalue weighted by molar-refractivity contribution is 6.01. The van der Waals surface area contributed by atoms with Crippen LogP contribution in [0.4, 0.5) is 0 Å². The van der Waals surface area contributed by atoms with Gasteiger partial charge in [-0.25, -0.2) is 0 Å². The van der Waals surface area contributed by atoms with Crippen LogP contribution in [0.1, 0.15) is 48.2 Å². The zero-order valence-corrected chi connectivity index (χ0v) is 16.7. The van der Waals surface area contributed by atoms with E-state index in [0.717, 1.165) is 6.42 Å². The molecule has 2 rings (SSSR count). The van der Waals surface area contributed by atoms with Gasteiger partial charge in [0, 0.05) is 33.3 Å². The third-order valence-corrected chi connectivity index (χ3v) is 4.82. The number of nitrogens with one attached hydrogen (secondary N) is 2. The minimum absolute atomic E-state index is 0.146. The number of methoxy groups -OCH3 is 1. The van der Waals surface area contributed by atoms with Crippen molar-refractivity contribution in [3.63, 3.8) is 0 Å². The first-order chi connectivity index (χ1) is 12.7. The number of hydrogen-bond donors (Lipinski definition) is 2. The van der Waals surface area contributed by atoms with E-state index in [0.29, 0.717) is 31.3 Å². The SMILES string of the molecule is COCCNC(=O)c1cc2n(n1)CC(C)(C(=O)NCCC(C)C)N(C)C2=O. The van der Waals surface area contributed by atoms with Gasteiger partial charge in [0.05, 0.1) is 13.2 Å². The van der Waals surface area contributed by atoms with Crippen LogP contribution in [0.2, 0.25) is 0 Å². The van der Waals surface area contributed by atoms with Gasteiger partial charge in [0.15, 0.2) is 5.69 Å². The molecule has 0 aromatic carbocycles. The van der Waals surface area contributed by atoms with Gasteiger partial charge in [0.1, 0.15) is 11.2 Å². The summed E-state index contributed by atoms with van der Waals surface area (Å²) < 4.78 is 6.34. The molecule has 2 N–H and O–H groups in total. The van der Waals surface area contributed by atoms with Crippen molar-refractivity contribution >= 4 is 17.7 Å². The Kier molecular flexibility index (Phi) is 6.59. The highest BCUT2D eigenvalue weighted by Crippen LogP contribution is 2.26. The molecule has 2 heterocycles. The molecule has 3 amide bonds. The minimum atomic E-state index is -1.07. The molecule has 1 aliphatic heterocycles. The Morgan fingerprint density at radius 2 is 2.04 bits per heavy atom. The molecule has 1 aliphatic rings. The molecule has 27 heavy (non-hydrogen) atoms. The molecule has 1 unspecified atom stereocenters. The Bertz CT molecular complexity index is 715. The molecule has 0 fully saturated rings. The highest BCUT2D eigenvalue weighted by Gasteiger charge is 2.46. The Morgan fingerprint density at radius 3 is 2.67 bits per heavy atom. The smallest absolute Gasteiger partial charge is 0.272 e. The summed E-state index contributed by atoms with van der Waals surface area (Å²) in [6, 6.07) is 1.46. The third-order valence-electron chi connectivity index (χ3n) is 4.82. The number of nitrogens with zero attached hydrogens (tertiary/aromatic N) is 3. The van der Waals surface area contributed by atoms with Crippen LogP contribution in [-0.2, 0) is 16.1 Å². The monoisotopic (exact) mass is 379 g/mol. The summed E-state index contributed by atoms with van der Waals surface area (Å²) >= 11 is 0. The van der Waals surface area contributed by atoms with Gasteiger partial charge in [0.25, 0.3) is 11.8 Å². The lowest BCUT2D eigenvalue weighted by atomic mass is 9.95. The molecule has 9 nitrogen and oxygen atoms in total. The number of fused-ring (bicyclic) bond motifs is 1. The predicted octanol–water partition coefficient (Wildman–Crippen LogP) is 0.266. The quantitative estimate of drug-likeness (QED) is 0.631. The summed E-state index contributed by atoms with van der Waals surface area (Å²) in [5.74, 6) is -0.481. The second-order valence-corrected chi connectivity index (χ2v) is 7.40. The summed E-state index contributed by atoms with van der Waals surface area (Å²) in [7, 11) is 3.14. The van der Waals surface area contributed by atoms with Gasteiger partial charge in [-0.2, -0.15) is 5.10 Å². The molecular formula is C18H29N5O4. The fraction of sp³-hybridized carbons (Fsp3) is 0.667. The standard InChI is InChI=1S/C18H29N5O4/c1-12(2)6-7-20-17(26)18(3)11-23-14(16(25)22(18)4)10-13(21-23)15(24)19-8-9-27-5/h10,12H,6-9,11H2,1-5H3,(H,19,24)(H,20,26). The maximum absolute atomic E-state index is 12.7. The van der Waals surface area contributed by atoms with Gasteiger partial charge >= 0.3 is 0 Å². The second kappa shape index (κ2) is 8.51. The lowest BCUT2D eigenvalue weighted by Gasteiger charge is -2.40. The minimum Gasteiger partial charge on any atom is -0.383 e. The Balaban J connectivity index is 2.16. The van der Waals surface area contributed by atoms with E-state index in [9.17, 15) is 14.4 Å². The maximum atomic E-state index is 12.7. The van der Waals surface area contributed by atoms with Gasteiger partial charge in [-0.15, -0.1) is 0 Å². The van der Waals surface area contributed by atoms with Crippen LogP contribution in [-0.4, -0.2) is 71.8 Å². The van der Waals surface area contributed by atoms with Crippen molar-refractivity contribution < 1.29 is 19.1 Å². The molecule has 0 saturated heterocycles. The molecule has 1 aromatic heterocycles. The normalized spacial score (nSPS) is 19.2. The molecule has 0 saturated carbocycles. The van der Waals surface area contributed by atoms with E-state index in [1.807, 2.05) is 0 Å². The average molecular weight is 379 g/mol. The maximum Gasteiger partial charge on any atom is 0.272 e. The molecule has 150 valence electrons. The predicted molar refractivity (Wildman–Crippen MR) is 99.4 cm³/mol. The number of amides is 3. The first kappa shape index (κ1) is 20.9. The second-order valence-electron chi connectivity index (χ2n) is 7.40. The van der Waals surface area contributed by atoms with Crippen LogP contribution in [0.3, 0.4) is 0 Å². The van der Waals surface area contributed by atoms with Crippen LogP contribution in [0.25, 0.3) is 0 Å². The number of likely N-dealkylation sites (N-methyl/N-ethyl adjacent to an activating group) is 1. The van der Waals surface area contributed by atoms with E-state index >= 15 is 0 Å². The Labute approximate surface area is 159 Å². The average Bonchev–Trinajstić information content (AvgIpc) is 3.03. The largest absolute Gasteiger partial charge is 0.383 e. The van der Waals surface area contributed by atoms with E-state index in [1.165, 1.54) is 15.6 Å². The van der Waals surface area contributed by atoms with Crippen molar-refractivity contribution in [2.45, 2.75) is 39.3 Å². The van der Waals surface area contributed by atoms with Gasteiger partial charge in [-0.1, -0.05) is 13.8 Å². The zero-order chi connectivity index (χ0) is 20.2. The molecule has 1 atom stereocenters. The molecule has 0 spiro atoms. The molecule has 9 heteroatoms. The van der Waals surface area contributed by atoms with Crippen LogP contribution in [0.15, 0.2) is 6.07 Å². The van der Waals surface area contributed by atoms with Crippen LogP contribution >= 0.6 is 0 Å². The van der Waals surface area contributed by atoms with E-state index in [1.54, 1.807) is 21.1 Å². The van der Waals surface area contributed by atoms with E-state index in [4.69, 9.17) is 4.74 Å². The number of aromatic nitrogens is 2. The molecule has 0 radical (unpaired) electrons. The van der Waals surface area contributed by atoms with Gasteiger partial charge in [-0.3, -0.25) is 19.1 Å². The van der Waals surface area contributed by atoms with Gasteiger partial charge in [-0.05, 0) is 19.3 Å². The van der Waals surface area contributed by atoms with Gasteiger partial charge in [0.2, 0.25) is 5.91 Å². The summed E-state index contributed by atoms with van der Waals surface area (Å²) in [6.07, 6.45) is 0.859. The first-order valence-electron chi connectivity index (χ1n) is 9.12. The van der Waals surface area contributed by atoms with Crippen molar-refractivity contribution in [2.24, 2.45) is 5.92 Å². The molecule has 0 bridgehead atoms. The van der Waals surface area contributed by atoms with E-state index in [2.05, 4.69) is 29.6 Å². The lowest BCUT2D eigenvalue weighted by Crippen LogP contribution is -2.62. The number of carbonyl (C=O) groups is 3. The number of hydrogen-bond acceptors (Lipinski definition) is 5. The van der Waals surface area contributed by atoms with Crippen molar-refractivity contribution in [3.8, 4) is 0 Å². The fourth-order valence-corrected chi connectivity index (χ4v) is 2.86. The van der Waals surface area contributed by atoms with E-state index in [-0.39, 0.29) is 30.0 Å². The number of carbonyl (C=O) groups excluding carboxylic acids is 3. The topological polar surface area (TPSA) is 106 Å². The third kappa shape index (κ3) is 4.47. The lowest BCUT2D eigenvalue weighted by molar-refractivity contribution is -0.132. The van der Waals surface area contributed by atoms with Crippen LogP contribution < -0.4 is 10.6 Å². The fourth-order valence-electron chi connectivity index (χ4n) is 2.86. The summed E-state index contributed by atoms with van der Waals surface area (Å²) in [5.41, 5.74) is -0.633. The summed E-state index contributed by atoms with van der Waals surface area (Å²) in [4.78, 5) is 39.1. The molecule has 1 aromatic rings. The molecular weight excluding hydrogens is 350 g/mol. The van der Waals surface area contributed by atoms with Crippen molar-refractivity contribution in [3.05, 3.63) is 17.5 Å². The Morgan fingerprint density at radius 1 is 1.33 bits per heavy atom. The Hall–Kier alpha value is -2.42. The van der Waals surface area contributed by atoms with E-state index < -0.39 is 5.54 Å². The summed E-state index contributed by atoms with van der Waals surface area (Å²) in [6.45, 7) is 7.34. The number of ether oxygens (including phenoxy) is 1. The van der Waals surface area contributed by atoms with Gasteiger partial charge < -0.3 is 20.3 Å². The van der Waals surface area contributed by atoms with Crippen LogP contribution in [0, 0.1) is 5.92 Å². The van der Waals surface area contributed by atoms with Crippen LogP contribution in [0.5, 0.6) is 0 Å². The van der Waals surface area contributed by atoms with Crippen molar-refractivity contribution in [1.82, 2.24) is 25.3 Å². The molecule has 0 aliphatic carbocycles. The summed E-state index contributed by atoms with van der Waals surface area (Å²) in [5, 5.41) is 9.81.